The minimum absolute atomic E-state index is 0.123. The minimum atomic E-state index is -0.554. The van der Waals surface area contributed by atoms with Crippen molar-refractivity contribution in [2.45, 2.75) is 44.2 Å². The van der Waals surface area contributed by atoms with Crippen LogP contribution in [0.2, 0.25) is 5.02 Å². The molecule has 33 heavy (non-hydrogen) atoms. The fourth-order valence-electron chi connectivity index (χ4n) is 4.61. The Labute approximate surface area is 207 Å². The van der Waals surface area contributed by atoms with Crippen LogP contribution in [-0.4, -0.2) is 60.3 Å². The molecule has 0 radical (unpaired) electrons. The van der Waals surface area contributed by atoms with Crippen LogP contribution < -0.4 is 14.4 Å². The van der Waals surface area contributed by atoms with Crippen molar-refractivity contribution < 1.29 is 13.9 Å². The van der Waals surface area contributed by atoms with E-state index in [0.29, 0.717) is 36.6 Å². The lowest BCUT2D eigenvalue weighted by Crippen LogP contribution is -2.40. The molecule has 1 aromatic heterocycles. The normalized spacial score (nSPS) is 19.3. The highest BCUT2D eigenvalue weighted by molar-refractivity contribution is 9.10. The zero-order valence-corrected chi connectivity index (χ0v) is 21.2. The van der Waals surface area contributed by atoms with Gasteiger partial charge in [0.15, 0.2) is 11.6 Å². The van der Waals surface area contributed by atoms with E-state index in [1.54, 1.807) is 0 Å². The molecule has 6 nitrogen and oxygen atoms in total. The summed E-state index contributed by atoms with van der Waals surface area (Å²) in [6, 6.07) is 0.414. The number of aromatic nitrogens is 2. The summed E-state index contributed by atoms with van der Waals surface area (Å²) in [5.74, 6) is 0.406. The molecule has 1 saturated heterocycles. The van der Waals surface area contributed by atoms with Crippen molar-refractivity contribution in [2.24, 2.45) is 0 Å². The van der Waals surface area contributed by atoms with E-state index in [0.717, 1.165) is 38.6 Å². The molecule has 0 saturated carbocycles. The van der Waals surface area contributed by atoms with Gasteiger partial charge in [0.05, 0.1) is 16.4 Å². The Morgan fingerprint density at radius 1 is 1.30 bits per heavy atom. The van der Waals surface area contributed by atoms with E-state index in [9.17, 15) is 0 Å². The van der Waals surface area contributed by atoms with Gasteiger partial charge in [-0.25, -0.2) is 4.39 Å². The van der Waals surface area contributed by atoms with Crippen LogP contribution in [0.1, 0.15) is 32.1 Å². The van der Waals surface area contributed by atoms with Crippen molar-refractivity contribution in [1.29, 1.82) is 0 Å². The van der Waals surface area contributed by atoms with Crippen LogP contribution in [-0.2, 0) is 0 Å². The summed E-state index contributed by atoms with van der Waals surface area (Å²) in [6.07, 6.45) is 8.12. The van der Waals surface area contributed by atoms with Crippen molar-refractivity contribution in [3.05, 3.63) is 40.6 Å². The molecule has 2 aliphatic rings. The fourth-order valence-corrected chi connectivity index (χ4v) is 5.21. The van der Waals surface area contributed by atoms with Crippen LogP contribution in [0.25, 0.3) is 10.9 Å². The van der Waals surface area contributed by atoms with Gasteiger partial charge in [-0.15, -0.1) is 13.2 Å². The average Bonchev–Trinajstić information content (AvgIpc) is 3.15. The number of nitrogens with zero attached hydrogens (tertiary/aromatic N) is 4. The summed E-state index contributed by atoms with van der Waals surface area (Å²) in [6.45, 7) is 10.3. The maximum Gasteiger partial charge on any atom is 0.319 e. The number of benzene rings is 1. The van der Waals surface area contributed by atoms with Crippen LogP contribution in [0.4, 0.5) is 10.2 Å². The number of halogens is 3. The molecule has 0 amide bonds. The van der Waals surface area contributed by atoms with Crippen molar-refractivity contribution in [1.82, 2.24) is 14.9 Å². The highest BCUT2D eigenvalue weighted by Gasteiger charge is 2.33. The van der Waals surface area contributed by atoms with Crippen LogP contribution in [0, 0.1) is 5.82 Å². The molecule has 0 aliphatic carbocycles. The third-order valence-corrected chi connectivity index (χ3v) is 7.65. The second-order valence-corrected chi connectivity index (χ2v) is 9.62. The molecule has 0 N–H and O–H groups in total. The molecule has 1 fully saturated rings. The third kappa shape index (κ3) is 4.84. The van der Waals surface area contributed by atoms with E-state index >= 15 is 4.39 Å². The first kappa shape index (κ1) is 24.2. The van der Waals surface area contributed by atoms with Crippen LogP contribution in [0.15, 0.2) is 29.8 Å². The van der Waals surface area contributed by atoms with E-state index in [1.807, 2.05) is 12.2 Å². The lowest BCUT2D eigenvalue weighted by Gasteiger charge is -2.29. The molecule has 2 atom stereocenters. The van der Waals surface area contributed by atoms with E-state index < -0.39 is 5.82 Å². The second kappa shape index (κ2) is 10.6. The third-order valence-electron chi connectivity index (χ3n) is 6.32. The highest BCUT2D eigenvalue weighted by Crippen LogP contribution is 2.46. The number of likely N-dealkylation sites (tertiary alicyclic amines) is 1. The fraction of sp³-hybridized carbons (Fsp3) is 0.500. The Kier molecular flexibility index (Phi) is 7.76. The standard InChI is InChI=1S/C24H29BrClFN4O2/c1-4-6-10-16(15-9-8-11-30(15)3)33-24-28-21-17-22(19(26)18(25)20(21)27)32-14-13-31(12-7-5-2)23(17)29-24/h4-5,15-16H,1-2,6-14H2,3H3/t15-,16?/m0/s1. The summed E-state index contributed by atoms with van der Waals surface area (Å²) in [5, 5.41) is 0.649. The number of anilines is 1. The van der Waals surface area contributed by atoms with Gasteiger partial charge in [0, 0.05) is 12.6 Å². The smallest absolute Gasteiger partial charge is 0.319 e. The Morgan fingerprint density at radius 2 is 2.09 bits per heavy atom. The van der Waals surface area contributed by atoms with Gasteiger partial charge in [0.2, 0.25) is 0 Å². The second-order valence-electron chi connectivity index (χ2n) is 8.45. The highest BCUT2D eigenvalue weighted by atomic mass is 79.9. The summed E-state index contributed by atoms with van der Waals surface area (Å²) in [4.78, 5) is 13.7. The van der Waals surface area contributed by atoms with Gasteiger partial charge in [-0.3, -0.25) is 4.90 Å². The average molecular weight is 540 g/mol. The monoisotopic (exact) mass is 538 g/mol. The van der Waals surface area contributed by atoms with E-state index in [2.05, 4.69) is 50.9 Å². The summed E-state index contributed by atoms with van der Waals surface area (Å²) in [5.41, 5.74) is 0.133. The molecule has 1 unspecified atom stereocenters. The number of hydrogen-bond donors (Lipinski definition) is 0. The van der Waals surface area contributed by atoms with Gasteiger partial charge >= 0.3 is 6.01 Å². The number of allylic oxidation sites excluding steroid dienone is 1. The van der Waals surface area contributed by atoms with Gasteiger partial charge in [-0.05, 0) is 61.6 Å². The van der Waals surface area contributed by atoms with Gasteiger partial charge in [-0.2, -0.15) is 9.97 Å². The zero-order valence-electron chi connectivity index (χ0n) is 18.8. The van der Waals surface area contributed by atoms with Crippen LogP contribution in [0.3, 0.4) is 0 Å². The molecule has 4 rings (SSSR count). The van der Waals surface area contributed by atoms with Crippen molar-refractivity contribution in [2.75, 3.05) is 38.2 Å². The maximum atomic E-state index is 15.4. The van der Waals surface area contributed by atoms with Gasteiger partial charge < -0.3 is 14.4 Å². The minimum Gasteiger partial charge on any atom is -0.489 e. The lowest BCUT2D eigenvalue weighted by molar-refractivity contribution is 0.0916. The quantitative estimate of drug-likeness (QED) is 0.298. The van der Waals surface area contributed by atoms with Crippen molar-refractivity contribution in [3.8, 4) is 11.8 Å². The Morgan fingerprint density at radius 3 is 2.79 bits per heavy atom. The number of hydrogen-bond acceptors (Lipinski definition) is 6. The zero-order chi connectivity index (χ0) is 23.5. The molecule has 2 aromatic rings. The first-order valence-corrected chi connectivity index (χ1v) is 12.5. The number of likely N-dealkylation sites (N-methyl/N-ethyl adjacent to an activating group) is 1. The predicted octanol–water partition coefficient (Wildman–Crippen LogP) is 5.77. The summed E-state index contributed by atoms with van der Waals surface area (Å²) < 4.78 is 27.8. The topological polar surface area (TPSA) is 50.7 Å². The van der Waals surface area contributed by atoms with Crippen LogP contribution in [0.5, 0.6) is 11.8 Å². The van der Waals surface area contributed by atoms with Gasteiger partial charge in [0.1, 0.15) is 29.1 Å². The molecule has 9 heteroatoms. The van der Waals surface area contributed by atoms with E-state index in [4.69, 9.17) is 26.1 Å². The Bertz CT molecular complexity index is 1050. The lowest BCUT2D eigenvalue weighted by atomic mass is 10.0. The molecule has 3 heterocycles. The Balaban J connectivity index is 1.82. The number of ether oxygens (including phenoxy) is 2. The van der Waals surface area contributed by atoms with Gasteiger partial charge in [-0.1, -0.05) is 23.8 Å². The molecule has 1 aromatic carbocycles. The summed E-state index contributed by atoms with van der Waals surface area (Å²) >= 11 is 9.70. The molecule has 2 aliphatic heterocycles. The molecule has 0 spiro atoms. The molecule has 178 valence electrons. The van der Waals surface area contributed by atoms with Crippen LogP contribution >= 0.6 is 27.5 Å². The molecular formula is C24H29BrClFN4O2. The van der Waals surface area contributed by atoms with E-state index in [1.165, 1.54) is 0 Å². The largest absolute Gasteiger partial charge is 0.489 e. The molecule has 0 bridgehead atoms. The maximum absolute atomic E-state index is 15.4. The Hall–Kier alpha value is -1.90. The van der Waals surface area contributed by atoms with Gasteiger partial charge in [0.25, 0.3) is 0 Å². The van der Waals surface area contributed by atoms with E-state index in [-0.39, 0.29) is 33.2 Å². The number of rotatable bonds is 9. The SMILES string of the molecule is C=CCCC(Oc1nc2c3c(c(Cl)c(Br)c(F)c3n1)OCCN2CCC=C)[C@@H]1CCCN1C. The first-order chi connectivity index (χ1) is 16.0. The predicted molar refractivity (Wildman–Crippen MR) is 134 cm³/mol. The first-order valence-electron chi connectivity index (χ1n) is 11.3. The van der Waals surface area contributed by atoms with Crippen molar-refractivity contribution >= 4 is 44.3 Å². The van der Waals surface area contributed by atoms with Crippen molar-refractivity contribution in [3.63, 3.8) is 0 Å². The molecular weight excluding hydrogens is 511 g/mol. The summed E-state index contributed by atoms with van der Waals surface area (Å²) in [7, 11) is 2.11.